The molecule has 0 spiro atoms. The lowest BCUT2D eigenvalue weighted by Gasteiger charge is -2.14. The summed E-state index contributed by atoms with van der Waals surface area (Å²) in [5.74, 6) is -2.79. The van der Waals surface area contributed by atoms with Crippen molar-refractivity contribution in [3.05, 3.63) is 42.0 Å². The fraction of sp³-hybridized carbons (Fsp3) is 0.694. The average Bonchev–Trinajstić information content (AvgIpc) is 3.16. The quantitative estimate of drug-likeness (QED) is 0.0616. The molecule has 0 bridgehead atoms. The van der Waals surface area contributed by atoms with Gasteiger partial charge in [0, 0.05) is 25.7 Å². The zero-order chi connectivity index (χ0) is 39.2. The molecule has 1 atom stereocenters. The smallest absolute Gasteiger partial charge is 0.328 e. The third-order valence-corrected chi connectivity index (χ3v) is 6.63. The van der Waals surface area contributed by atoms with Crippen molar-refractivity contribution >= 4 is 17.8 Å². The van der Waals surface area contributed by atoms with Gasteiger partial charge >= 0.3 is 11.9 Å². The second-order valence-electron chi connectivity index (χ2n) is 10.9. The van der Waals surface area contributed by atoms with E-state index in [0.717, 1.165) is 6.08 Å². The number of ether oxygens (including phenoxy) is 12. The molecule has 3 N–H and O–H groups in total. The van der Waals surface area contributed by atoms with Crippen molar-refractivity contribution in [2.45, 2.75) is 12.5 Å². The number of amides is 1. The van der Waals surface area contributed by atoms with Crippen LogP contribution in [0.1, 0.15) is 5.56 Å². The number of carboxylic acids is 2. The van der Waals surface area contributed by atoms with Gasteiger partial charge in [0.2, 0.25) is 5.91 Å². The van der Waals surface area contributed by atoms with E-state index in [0.29, 0.717) is 163 Å². The van der Waals surface area contributed by atoms with E-state index in [1.807, 2.05) is 0 Å². The lowest BCUT2D eigenvalue weighted by atomic mass is 10.1. The molecule has 0 saturated heterocycles. The summed E-state index contributed by atoms with van der Waals surface area (Å²) in [4.78, 5) is 33.7. The number of carbonyl (C=O) groups is 3. The lowest BCUT2D eigenvalue weighted by Crippen LogP contribution is -2.41. The summed E-state index contributed by atoms with van der Waals surface area (Å²) in [7, 11) is 1.64. The fourth-order valence-corrected chi connectivity index (χ4v) is 3.97. The molecular formula is C36H59NO17. The van der Waals surface area contributed by atoms with Gasteiger partial charge in [-0.3, -0.25) is 4.79 Å². The molecule has 18 nitrogen and oxygen atoms in total. The van der Waals surface area contributed by atoms with Crippen LogP contribution in [0.2, 0.25) is 0 Å². The third kappa shape index (κ3) is 32.2. The van der Waals surface area contributed by atoms with E-state index in [1.54, 1.807) is 31.4 Å². The predicted octanol–water partition coefficient (Wildman–Crippen LogP) is 0.631. The van der Waals surface area contributed by atoms with Crippen molar-refractivity contribution in [1.29, 1.82) is 0 Å². The number of rotatable bonds is 40. The SMILES string of the molecule is COCCOCCOCCOCCOCCOCCOCCOCCOCCOCCOCCOc1ccc(CC(NC(=O)C=CC(=O)O)C(=O)O)cc1. The van der Waals surface area contributed by atoms with Crippen LogP contribution in [0.5, 0.6) is 5.75 Å². The van der Waals surface area contributed by atoms with Gasteiger partial charge in [-0.15, -0.1) is 0 Å². The Kier molecular flexibility index (Phi) is 33.1. The molecule has 0 radical (unpaired) electrons. The minimum absolute atomic E-state index is 0.0140. The molecule has 0 aromatic heterocycles. The van der Waals surface area contributed by atoms with Crippen molar-refractivity contribution in [3.8, 4) is 5.75 Å². The van der Waals surface area contributed by atoms with E-state index in [4.69, 9.17) is 61.9 Å². The summed E-state index contributed by atoms with van der Waals surface area (Å²) >= 11 is 0. The highest BCUT2D eigenvalue weighted by molar-refractivity contribution is 5.95. The molecule has 1 rings (SSSR count). The van der Waals surface area contributed by atoms with Gasteiger partial charge in [-0.05, 0) is 17.7 Å². The van der Waals surface area contributed by atoms with E-state index in [1.165, 1.54) is 0 Å². The average molecular weight is 778 g/mol. The Morgan fingerprint density at radius 1 is 0.519 bits per heavy atom. The highest BCUT2D eigenvalue weighted by atomic mass is 16.6. The maximum absolute atomic E-state index is 11.7. The van der Waals surface area contributed by atoms with Crippen LogP contribution >= 0.6 is 0 Å². The molecule has 0 aliphatic heterocycles. The standard InChI is InChI=1S/C36H59NO17/c1-43-8-9-44-10-11-45-12-13-46-14-15-47-16-17-48-18-19-49-20-21-50-22-23-51-24-25-52-26-27-53-28-29-54-32-4-2-31(3-5-32)30-33(36(41)42)37-34(38)6-7-35(39)40/h2-7,33H,8-30H2,1H3,(H,37,38)(H,39,40)(H,41,42). The van der Waals surface area contributed by atoms with E-state index in [-0.39, 0.29) is 6.42 Å². The summed E-state index contributed by atoms with van der Waals surface area (Å²) in [6.45, 7) is 10.4. The number of carboxylic acid groups (broad SMARTS) is 2. The highest BCUT2D eigenvalue weighted by Gasteiger charge is 2.19. The first-order valence-corrected chi connectivity index (χ1v) is 17.8. The maximum atomic E-state index is 11.7. The van der Waals surface area contributed by atoms with E-state index >= 15 is 0 Å². The first-order chi connectivity index (χ1) is 26.4. The van der Waals surface area contributed by atoms with E-state index in [2.05, 4.69) is 5.32 Å². The summed E-state index contributed by atoms with van der Waals surface area (Å²) < 4.78 is 64.9. The van der Waals surface area contributed by atoms with Gasteiger partial charge in [0.15, 0.2) is 0 Å². The van der Waals surface area contributed by atoms with Gasteiger partial charge in [0.1, 0.15) is 18.4 Å². The van der Waals surface area contributed by atoms with Crippen LogP contribution in [0.4, 0.5) is 0 Å². The lowest BCUT2D eigenvalue weighted by molar-refractivity contribution is -0.141. The van der Waals surface area contributed by atoms with Crippen LogP contribution in [-0.2, 0) is 72.9 Å². The zero-order valence-corrected chi connectivity index (χ0v) is 31.3. The Labute approximate surface area is 317 Å². The molecule has 54 heavy (non-hydrogen) atoms. The van der Waals surface area contributed by atoms with Crippen molar-refractivity contribution in [2.24, 2.45) is 0 Å². The van der Waals surface area contributed by atoms with Gasteiger partial charge in [-0.1, -0.05) is 12.1 Å². The predicted molar refractivity (Wildman–Crippen MR) is 192 cm³/mol. The minimum atomic E-state index is -1.31. The Morgan fingerprint density at radius 3 is 1.17 bits per heavy atom. The number of benzene rings is 1. The number of methoxy groups -OCH3 is 1. The third-order valence-electron chi connectivity index (χ3n) is 6.63. The topological polar surface area (TPSA) is 214 Å². The Balaban J connectivity index is 1.81. The second-order valence-corrected chi connectivity index (χ2v) is 10.9. The van der Waals surface area contributed by atoms with Gasteiger partial charge < -0.3 is 72.4 Å². The maximum Gasteiger partial charge on any atom is 0.328 e. The summed E-state index contributed by atoms with van der Waals surface area (Å²) in [5, 5.41) is 20.2. The number of aliphatic carboxylic acids is 2. The normalized spacial score (nSPS) is 11.9. The van der Waals surface area contributed by atoms with Crippen molar-refractivity contribution in [3.63, 3.8) is 0 Å². The molecule has 1 unspecified atom stereocenters. The minimum Gasteiger partial charge on any atom is -0.491 e. The first kappa shape index (κ1) is 48.7. The van der Waals surface area contributed by atoms with E-state index in [9.17, 15) is 19.5 Å². The number of hydrogen-bond donors (Lipinski definition) is 3. The summed E-state index contributed by atoms with van der Waals surface area (Å²) in [6, 6.07) is 5.52. The molecule has 1 amide bonds. The van der Waals surface area contributed by atoms with Crippen LogP contribution in [0.25, 0.3) is 0 Å². The Morgan fingerprint density at radius 2 is 0.852 bits per heavy atom. The first-order valence-electron chi connectivity index (χ1n) is 17.8. The molecule has 0 fully saturated rings. The monoisotopic (exact) mass is 777 g/mol. The van der Waals surface area contributed by atoms with E-state index < -0.39 is 23.9 Å². The van der Waals surface area contributed by atoms with Gasteiger partial charge in [0.25, 0.3) is 0 Å². The van der Waals surface area contributed by atoms with Crippen molar-refractivity contribution in [2.75, 3.05) is 152 Å². The molecule has 0 heterocycles. The number of nitrogens with one attached hydrogen (secondary N) is 1. The van der Waals surface area contributed by atoms with Crippen LogP contribution in [0, 0.1) is 0 Å². The second kappa shape index (κ2) is 36.7. The molecule has 310 valence electrons. The number of hydrogen-bond acceptors (Lipinski definition) is 15. The number of carbonyl (C=O) groups excluding carboxylic acids is 1. The molecular weight excluding hydrogens is 718 g/mol. The largest absolute Gasteiger partial charge is 0.491 e. The summed E-state index contributed by atoms with van der Waals surface area (Å²) in [5.41, 5.74) is 0.651. The van der Waals surface area contributed by atoms with Crippen LogP contribution in [0.15, 0.2) is 36.4 Å². The van der Waals surface area contributed by atoms with Gasteiger partial charge in [0.05, 0.1) is 139 Å². The molecule has 0 aliphatic carbocycles. The molecule has 1 aromatic carbocycles. The Bertz CT molecular complexity index is 1080. The molecule has 1 aromatic rings. The van der Waals surface area contributed by atoms with Gasteiger partial charge in [-0.2, -0.15) is 0 Å². The molecule has 0 aliphatic rings. The van der Waals surface area contributed by atoms with Crippen molar-refractivity contribution in [1.82, 2.24) is 5.32 Å². The fourth-order valence-electron chi connectivity index (χ4n) is 3.97. The van der Waals surface area contributed by atoms with Gasteiger partial charge in [-0.25, -0.2) is 9.59 Å². The van der Waals surface area contributed by atoms with Crippen LogP contribution < -0.4 is 10.1 Å². The Hall–Kier alpha value is -3.27. The summed E-state index contributed by atoms with van der Waals surface area (Å²) in [6.07, 6.45) is 1.41. The zero-order valence-electron chi connectivity index (χ0n) is 31.3. The van der Waals surface area contributed by atoms with Crippen LogP contribution in [-0.4, -0.2) is 187 Å². The van der Waals surface area contributed by atoms with Crippen LogP contribution in [0.3, 0.4) is 0 Å². The van der Waals surface area contributed by atoms with Crippen molar-refractivity contribution < 1.29 is 81.4 Å². The highest BCUT2D eigenvalue weighted by Crippen LogP contribution is 2.14. The molecule has 0 saturated carbocycles. The molecule has 18 heteroatoms.